The van der Waals surface area contributed by atoms with Crippen LogP contribution in [0.25, 0.3) is 11.1 Å². The molecule has 17 heteroatoms. The highest BCUT2D eigenvalue weighted by Crippen LogP contribution is 2.54. The van der Waals surface area contributed by atoms with Crippen LogP contribution >= 0.6 is 0 Å². The number of benzene rings is 2. The van der Waals surface area contributed by atoms with Crippen molar-refractivity contribution in [3.05, 3.63) is 76.9 Å². The van der Waals surface area contributed by atoms with E-state index < -0.39 is 47.4 Å². The number of oxazole rings is 1. The molecule has 4 aromatic rings. The zero-order chi connectivity index (χ0) is 43.3. The normalized spacial score (nSPS) is 23.0. The van der Waals surface area contributed by atoms with Crippen LogP contribution in [0.5, 0.6) is 5.75 Å². The summed E-state index contributed by atoms with van der Waals surface area (Å²) >= 11 is 0. The number of hydrogen-bond acceptors (Lipinski definition) is 11. The van der Waals surface area contributed by atoms with Crippen molar-refractivity contribution in [3.63, 3.8) is 0 Å². The predicted molar refractivity (Wildman–Crippen MR) is 220 cm³/mol. The maximum absolute atomic E-state index is 13.4. The van der Waals surface area contributed by atoms with Gasteiger partial charge in [-0.2, -0.15) is 13.2 Å². The molecule has 4 fully saturated rings. The number of imide groups is 2. The average Bonchev–Trinajstić information content (AvgIpc) is 3.77. The number of hydrogen-bond donors (Lipinski definition) is 3. The molecule has 9 rings (SSSR count). The van der Waals surface area contributed by atoms with Crippen molar-refractivity contribution in [1.82, 2.24) is 25.1 Å². The topological polar surface area (TPSA) is 176 Å². The lowest BCUT2D eigenvalue weighted by atomic mass is 9.57. The zero-order valence-electron chi connectivity index (χ0n) is 34.3. The second-order valence-electron chi connectivity index (χ2n) is 17.6. The van der Waals surface area contributed by atoms with Gasteiger partial charge in [-0.15, -0.1) is 0 Å². The van der Waals surface area contributed by atoms with Gasteiger partial charge in [0.1, 0.15) is 28.7 Å². The van der Waals surface area contributed by atoms with Gasteiger partial charge in [0.2, 0.25) is 11.8 Å². The van der Waals surface area contributed by atoms with Gasteiger partial charge >= 0.3 is 6.18 Å². The molecule has 1 unspecified atom stereocenters. The van der Waals surface area contributed by atoms with Gasteiger partial charge in [0.25, 0.3) is 17.7 Å². The standard InChI is InChI=1S/C45H48F3N7O7/c1-61-34-20-32-35(21-31(34)51-39(57)30-6-3-7-36(50-30)45(46,47)48)62-41(52-32)27-10-8-25(9-11-27)24-54-18-15-44(16-19-54)22-26(23-44)14-17-49-29-5-2-4-28-38(29)43(60)55(42(28)59)33-12-13-37(56)53-40(33)58/h2-7,20-21,25-27,33,49H,8-19,22-24H2,1H3,(H,51,57)(H,53,56,58). The highest BCUT2D eigenvalue weighted by molar-refractivity contribution is 6.25. The fourth-order valence-corrected chi connectivity index (χ4v) is 10.3. The Morgan fingerprint density at radius 2 is 1.69 bits per heavy atom. The van der Waals surface area contributed by atoms with Crippen molar-refractivity contribution < 1.29 is 46.3 Å². The van der Waals surface area contributed by atoms with Gasteiger partial charge in [-0.05, 0) is 119 Å². The molecule has 14 nitrogen and oxygen atoms in total. The van der Waals surface area contributed by atoms with E-state index in [1.807, 2.05) is 0 Å². The van der Waals surface area contributed by atoms with Crippen LogP contribution in [0.2, 0.25) is 0 Å². The van der Waals surface area contributed by atoms with Crippen molar-refractivity contribution in [2.24, 2.45) is 17.3 Å². The summed E-state index contributed by atoms with van der Waals surface area (Å²) in [5, 5.41) is 8.25. The van der Waals surface area contributed by atoms with E-state index in [1.165, 1.54) is 38.9 Å². The van der Waals surface area contributed by atoms with Crippen LogP contribution in [0, 0.1) is 17.3 Å². The SMILES string of the molecule is COc1cc2nc(C3CCC(CN4CCC5(CC4)CC(CCNc4cccc6c4C(=O)N(C4CCC(=O)NC4=O)C6=O)C5)CC3)oc2cc1NC(=O)c1cccc(C(F)(F)F)n1. The summed E-state index contributed by atoms with van der Waals surface area (Å²) in [6.45, 7) is 3.94. The monoisotopic (exact) mass is 855 g/mol. The Morgan fingerprint density at radius 1 is 0.935 bits per heavy atom. The first kappa shape index (κ1) is 41.5. The number of anilines is 2. The lowest BCUT2D eigenvalue weighted by molar-refractivity contribution is -0.141. The number of rotatable bonds is 11. The summed E-state index contributed by atoms with van der Waals surface area (Å²) in [6.07, 6.45) is 5.27. The van der Waals surface area contributed by atoms with E-state index in [-0.39, 0.29) is 35.7 Å². The van der Waals surface area contributed by atoms with Gasteiger partial charge in [-0.1, -0.05) is 12.1 Å². The summed E-state index contributed by atoms with van der Waals surface area (Å²) in [7, 11) is 1.43. The minimum atomic E-state index is -4.68. The smallest absolute Gasteiger partial charge is 0.433 e. The predicted octanol–water partition coefficient (Wildman–Crippen LogP) is 7.17. The Kier molecular flexibility index (Phi) is 11.0. The number of nitrogens with one attached hydrogen (secondary N) is 3. The number of carbonyl (C=O) groups is 5. The van der Waals surface area contributed by atoms with Crippen molar-refractivity contribution in [1.29, 1.82) is 0 Å². The second kappa shape index (κ2) is 16.5. The molecule has 326 valence electrons. The zero-order valence-corrected chi connectivity index (χ0v) is 34.3. The van der Waals surface area contributed by atoms with Gasteiger partial charge in [-0.25, -0.2) is 9.97 Å². The number of methoxy groups -OCH3 is 1. The van der Waals surface area contributed by atoms with Gasteiger partial charge in [-0.3, -0.25) is 34.2 Å². The molecule has 2 saturated heterocycles. The number of carbonyl (C=O) groups excluding carboxylic acids is 5. The molecule has 0 bridgehead atoms. The number of pyridine rings is 1. The van der Waals surface area contributed by atoms with Crippen LogP contribution in [0.4, 0.5) is 24.5 Å². The molecule has 5 heterocycles. The molecular weight excluding hydrogens is 808 g/mol. The molecule has 2 saturated carbocycles. The van der Waals surface area contributed by atoms with Crippen LogP contribution in [-0.4, -0.2) is 88.6 Å². The molecule has 5 amide bonds. The molecule has 1 spiro atoms. The number of alkyl halides is 3. The molecule has 2 aliphatic carbocycles. The minimum absolute atomic E-state index is 0.0794. The summed E-state index contributed by atoms with van der Waals surface area (Å²) in [5.74, 6) is -0.571. The van der Waals surface area contributed by atoms with E-state index >= 15 is 0 Å². The number of likely N-dealkylation sites (tertiary alicyclic amines) is 1. The first-order valence-electron chi connectivity index (χ1n) is 21.4. The Balaban J connectivity index is 0.715. The second-order valence-corrected chi connectivity index (χ2v) is 17.6. The highest BCUT2D eigenvalue weighted by Gasteiger charge is 2.47. The molecule has 3 aliphatic heterocycles. The van der Waals surface area contributed by atoms with Gasteiger partial charge < -0.3 is 24.7 Å². The van der Waals surface area contributed by atoms with E-state index in [2.05, 4.69) is 25.8 Å². The lowest BCUT2D eigenvalue weighted by Gasteiger charge is -2.53. The molecular formula is C45H48F3N7O7. The van der Waals surface area contributed by atoms with E-state index in [1.54, 1.807) is 30.3 Å². The Hall–Kier alpha value is -5.84. The van der Waals surface area contributed by atoms with Crippen LogP contribution in [0.15, 0.2) is 52.9 Å². The third-order valence-electron chi connectivity index (χ3n) is 13.7. The molecule has 1 atom stereocenters. The van der Waals surface area contributed by atoms with E-state index in [0.29, 0.717) is 57.8 Å². The molecule has 62 heavy (non-hydrogen) atoms. The Labute approximate surface area is 355 Å². The maximum Gasteiger partial charge on any atom is 0.433 e. The fraction of sp³-hybridized carbons (Fsp3) is 0.489. The number of piperidine rings is 2. The van der Waals surface area contributed by atoms with E-state index in [0.717, 1.165) is 68.8 Å². The first-order chi connectivity index (χ1) is 29.8. The van der Waals surface area contributed by atoms with Crippen molar-refractivity contribution in [2.75, 3.05) is 43.9 Å². The summed E-state index contributed by atoms with van der Waals surface area (Å²) in [4.78, 5) is 75.5. The van der Waals surface area contributed by atoms with Crippen LogP contribution < -0.4 is 20.7 Å². The summed E-state index contributed by atoms with van der Waals surface area (Å²) in [6, 6.07) is 10.5. The Morgan fingerprint density at radius 3 is 2.42 bits per heavy atom. The third-order valence-corrected chi connectivity index (χ3v) is 13.7. The largest absolute Gasteiger partial charge is 0.494 e. The number of aromatic nitrogens is 2. The third kappa shape index (κ3) is 8.14. The highest BCUT2D eigenvalue weighted by atomic mass is 19.4. The Bertz CT molecular complexity index is 2430. The summed E-state index contributed by atoms with van der Waals surface area (Å²) < 4.78 is 51.2. The number of nitrogens with zero attached hydrogens (tertiary/aromatic N) is 4. The number of fused-ring (bicyclic) bond motifs is 2. The quantitative estimate of drug-likeness (QED) is 0.130. The van der Waals surface area contributed by atoms with Crippen LogP contribution in [-0.2, 0) is 15.8 Å². The number of amides is 5. The van der Waals surface area contributed by atoms with Gasteiger partial charge in [0.05, 0.1) is 23.9 Å². The van der Waals surface area contributed by atoms with Crippen molar-refractivity contribution >= 4 is 52.0 Å². The molecule has 0 radical (unpaired) electrons. The maximum atomic E-state index is 13.4. The fourth-order valence-electron chi connectivity index (χ4n) is 10.3. The van der Waals surface area contributed by atoms with E-state index in [9.17, 15) is 37.1 Å². The molecule has 2 aromatic carbocycles. The molecule has 5 aliphatic rings. The number of ether oxygens (including phenoxy) is 1. The lowest BCUT2D eigenvalue weighted by Crippen LogP contribution is -2.54. The van der Waals surface area contributed by atoms with Gasteiger partial charge in [0, 0.05) is 43.2 Å². The average molecular weight is 856 g/mol. The first-order valence-corrected chi connectivity index (χ1v) is 21.4. The molecule has 3 N–H and O–H groups in total. The minimum Gasteiger partial charge on any atom is -0.494 e. The van der Waals surface area contributed by atoms with Gasteiger partial charge in [0.15, 0.2) is 11.5 Å². The molecule has 2 aromatic heterocycles. The van der Waals surface area contributed by atoms with Crippen LogP contribution in [0.3, 0.4) is 0 Å². The summed E-state index contributed by atoms with van der Waals surface area (Å²) in [5.41, 5.74) is 1.27. The van der Waals surface area contributed by atoms with Crippen LogP contribution in [0.1, 0.15) is 119 Å². The number of halogens is 3. The van der Waals surface area contributed by atoms with E-state index in [4.69, 9.17) is 14.1 Å². The van der Waals surface area contributed by atoms with Crippen molar-refractivity contribution in [2.45, 2.75) is 88.8 Å². The van der Waals surface area contributed by atoms with Crippen molar-refractivity contribution in [3.8, 4) is 5.75 Å².